The second kappa shape index (κ2) is 8.94. The topological polar surface area (TPSA) is 75.7 Å². The molecule has 6 nitrogen and oxygen atoms in total. The number of anilines is 1. The van der Waals surface area contributed by atoms with Crippen LogP contribution in [0.3, 0.4) is 0 Å². The fourth-order valence-corrected chi connectivity index (χ4v) is 5.16. The molecule has 8 heteroatoms. The summed E-state index contributed by atoms with van der Waals surface area (Å²) in [6.07, 6.45) is 0.742. The molecule has 1 atom stereocenters. The van der Waals surface area contributed by atoms with Crippen LogP contribution < -0.4 is 14.4 Å². The summed E-state index contributed by atoms with van der Waals surface area (Å²) in [7, 11) is -2.13. The summed E-state index contributed by atoms with van der Waals surface area (Å²) >= 11 is 5.92. The minimum atomic E-state index is -3.71. The molecule has 0 fully saturated rings. The van der Waals surface area contributed by atoms with Crippen molar-refractivity contribution in [3.8, 4) is 5.75 Å². The molecule has 1 heterocycles. The van der Waals surface area contributed by atoms with Crippen molar-refractivity contribution in [1.82, 2.24) is 4.72 Å². The number of rotatable bonds is 6. The van der Waals surface area contributed by atoms with Crippen LogP contribution in [-0.2, 0) is 23.0 Å². The van der Waals surface area contributed by atoms with Crippen molar-refractivity contribution in [1.29, 1.82) is 0 Å². The fraction of sp³-hybridized carbons (Fsp3) is 0.208. The average molecular weight is 471 g/mol. The number of hydrogen-bond acceptors (Lipinski definition) is 4. The Morgan fingerprint density at radius 3 is 2.56 bits per heavy atom. The van der Waals surface area contributed by atoms with Crippen LogP contribution in [0, 0.1) is 0 Å². The van der Waals surface area contributed by atoms with E-state index in [1.807, 2.05) is 25.1 Å². The number of benzene rings is 3. The Balaban J connectivity index is 1.56. The highest BCUT2D eigenvalue weighted by atomic mass is 35.5. The lowest BCUT2D eigenvalue weighted by Crippen LogP contribution is -2.35. The Morgan fingerprint density at radius 2 is 1.88 bits per heavy atom. The Morgan fingerprint density at radius 1 is 1.12 bits per heavy atom. The zero-order chi connectivity index (χ0) is 22.9. The first-order chi connectivity index (χ1) is 15.3. The largest absolute Gasteiger partial charge is 0.497 e. The number of carbonyl (C=O) groups is 1. The molecule has 0 spiro atoms. The summed E-state index contributed by atoms with van der Waals surface area (Å²) in [5.41, 5.74) is 3.19. The molecule has 3 aromatic rings. The van der Waals surface area contributed by atoms with E-state index in [0.29, 0.717) is 16.3 Å². The van der Waals surface area contributed by atoms with E-state index in [2.05, 4.69) is 4.72 Å². The normalized spacial score (nSPS) is 15.5. The average Bonchev–Trinajstić information content (AvgIpc) is 3.12. The summed E-state index contributed by atoms with van der Waals surface area (Å²) in [5.74, 6) is 0.584. The molecule has 0 unspecified atom stereocenters. The number of carbonyl (C=O) groups excluding carboxylic acids is 1. The highest BCUT2D eigenvalue weighted by Gasteiger charge is 2.31. The van der Waals surface area contributed by atoms with E-state index >= 15 is 0 Å². The highest BCUT2D eigenvalue weighted by molar-refractivity contribution is 7.89. The van der Waals surface area contributed by atoms with E-state index in [9.17, 15) is 13.2 Å². The lowest BCUT2D eigenvalue weighted by Gasteiger charge is -2.23. The zero-order valence-corrected chi connectivity index (χ0v) is 19.3. The molecular weight excluding hydrogens is 448 g/mol. The molecule has 1 amide bonds. The number of sulfonamides is 1. The van der Waals surface area contributed by atoms with Gasteiger partial charge in [0.15, 0.2) is 0 Å². The van der Waals surface area contributed by atoms with Crippen LogP contribution in [0.1, 0.15) is 28.4 Å². The maximum atomic E-state index is 13.2. The standard InChI is InChI=1S/C24H23ClN2O4S/c1-16-12-19-7-6-17(15-26-32(29,30)22-5-3-4-20(25)14-22)13-23(19)27(16)24(28)18-8-10-21(31-2)11-9-18/h3-11,13-14,16,26H,12,15H2,1-2H3/t16-/m0/s1. The van der Waals surface area contributed by atoms with Crippen LogP contribution in [0.4, 0.5) is 5.69 Å². The lowest BCUT2D eigenvalue weighted by molar-refractivity contribution is 0.0981. The Labute approximate surface area is 192 Å². The van der Waals surface area contributed by atoms with Gasteiger partial charge in [0.2, 0.25) is 10.0 Å². The van der Waals surface area contributed by atoms with Gasteiger partial charge in [-0.15, -0.1) is 0 Å². The maximum Gasteiger partial charge on any atom is 0.258 e. The number of fused-ring (bicyclic) bond motifs is 1. The minimum absolute atomic E-state index is 0.00185. The first-order valence-electron chi connectivity index (χ1n) is 10.1. The third-order valence-electron chi connectivity index (χ3n) is 5.49. The van der Waals surface area contributed by atoms with Gasteiger partial charge in [-0.2, -0.15) is 0 Å². The highest BCUT2D eigenvalue weighted by Crippen LogP contribution is 2.34. The molecule has 0 saturated carbocycles. The first-order valence-corrected chi connectivity index (χ1v) is 12.0. The van der Waals surface area contributed by atoms with Gasteiger partial charge >= 0.3 is 0 Å². The molecule has 4 rings (SSSR count). The van der Waals surface area contributed by atoms with Gasteiger partial charge in [0.05, 0.1) is 12.0 Å². The van der Waals surface area contributed by atoms with Crippen molar-refractivity contribution >= 4 is 33.2 Å². The number of halogens is 1. The van der Waals surface area contributed by atoms with Crippen LogP contribution in [0.5, 0.6) is 5.75 Å². The monoisotopic (exact) mass is 470 g/mol. The van der Waals surface area contributed by atoms with E-state index in [1.165, 1.54) is 12.1 Å². The Kier molecular flexibility index (Phi) is 6.24. The molecule has 166 valence electrons. The van der Waals surface area contributed by atoms with Crippen molar-refractivity contribution in [2.75, 3.05) is 12.0 Å². The molecule has 0 saturated heterocycles. The third-order valence-corrected chi connectivity index (χ3v) is 7.13. The third kappa shape index (κ3) is 4.50. The van der Waals surface area contributed by atoms with Gasteiger partial charge in [-0.05, 0) is 73.0 Å². The molecule has 3 aromatic carbocycles. The number of hydrogen-bond donors (Lipinski definition) is 1. The second-order valence-electron chi connectivity index (χ2n) is 7.70. The van der Waals surface area contributed by atoms with Gasteiger partial charge in [-0.3, -0.25) is 4.79 Å². The van der Waals surface area contributed by atoms with E-state index in [-0.39, 0.29) is 23.4 Å². The maximum absolute atomic E-state index is 13.2. The van der Waals surface area contributed by atoms with Crippen molar-refractivity contribution in [3.63, 3.8) is 0 Å². The van der Waals surface area contributed by atoms with E-state index in [0.717, 1.165) is 23.2 Å². The quantitative estimate of drug-likeness (QED) is 0.578. The lowest BCUT2D eigenvalue weighted by atomic mass is 10.1. The molecule has 0 aliphatic carbocycles. The predicted octanol–water partition coefficient (Wildman–Crippen LogP) is 4.42. The van der Waals surface area contributed by atoms with Crippen molar-refractivity contribution in [3.05, 3.63) is 88.4 Å². The smallest absolute Gasteiger partial charge is 0.258 e. The molecule has 32 heavy (non-hydrogen) atoms. The van der Waals surface area contributed by atoms with Gasteiger partial charge in [-0.25, -0.2) is 13.1 Å². The first kappa shape index (κ1) is 22.3. The molecule has 1 N–H and O–H groups in total. The number of amides is 1. The number of methoxy groups -OCH3 is 1. The van der Waals surface area contributed by atoms with E-state index < -0.39 is 10.0 Å². The van der Waals surface area contributed by atoms with Crippen molar-refractivity contribution in [2.24, 2.45) is 0 Å². The number of nitrogens with zero attached hydrogens (tertiary/aromatic N) is 1. The Bertz CT molecular complexity index is 1260. The van der Waals surface area contributed by atoms with Gasteiger partial charge in [0, 0.05) is 28.9 Å². The van der Waals surface area contributed by atoms with Crippen LogP contribution in [0.2, 0.25) is 5.02 Å². The van der Waals surface area contributed by atoms with Crippen LogP contribution >= 0.6 is 11.6 Å². The molecule has 1 aliphatic rings. The molecule has 0 radical (unpaired) electrons. The van der Waals surface area contributed by atoms with E-state index in [1.54, 1.807) is 48.4 Å². The van der Waals surface area contributed by atoms with Crippen LogP contribution in [0.15, 0.2) is 71.6 Å². The number of ether oxygens (including phenoxy) is 1. The number of nitrogens with one attached hydrogen (secondary N) is 1. The fourth-order valence-electron chi connectivity index (χ4n) is 3.84. The summed E-state index contributed by atoms with van der Waals surface area (Å²) in [5, 5.41) is 0.354. The predicted molar refractivity (Wildman–Crippen MR) is 125 cm³/mol. The second-order valence-corrected chi connectivity index (χ2v) is 9.91. The van der Waals surface area contributed by atoms with Crippen LogP contribution in [-0.4, -0.2) is 27.5 Å². The van der Waals surface area contributed by atoms with Crippen molar-refractivity contribution < 1.29 is 17.9 Å². The SMILES string of the molecule is COc1ccc(C(=O)N2c3cc(CNS(=O)(=O)c4cccc(Cl)c4)ccc3C[C@@H]2C)cc1. The Hall–Kier alpha value is -2.87. The molecular formula is C24H23ClN2O4S. The van der Waals surface area contributed by atoms with Gasteiger partial charge in [0.25, 0.3) is 5.91 Å². The summed E-state index contributed by atoms with van der Waals surface area (Å²) in [6, 6.07) is 18.8. The van der Waals surface area contributed by atoms with E-state index in [4.69, 9.17) is 16.3 Å². The molecule has 0 aromatic heterocycles. The van der Waals surface area contributed by atoms with Gasteiger partial charge in [-0.1, -0.05) is 29.8 Å². The summed E-state index contributed by atoms with van der Waals surface area (Å²) < 4.78 is 33.0. The van der Waals surface area contributed by atoms with Crippen molar-refractivity contribution in [2.45, 2.75) is 30.8 Å². The minimum Gasteiger partial charge on any atom is -0.497 e. The molecule has 1 aliphatic heterocycles. The molecule has 0 bridgehead atoms. The van der Waals surface area contributed by atoms with Gasteiger partial charge < -0.3 is 9.64 Å². The zero-order valence-electron chi connectivity index (χ0n) is 17.7. The summed E-state index contributed by atoms with van der Waals surface area (Å²) in [6.45, 7) is 2.10. The van der Waals surface area contributed by atoms with Crippen LogP contribution in [0.25, 0.3) is 0 Å². The summed E-state index contributed by atoms with van der Waals surface area (Å²) in [4.78, 5) is 15.1. The van der Waals surface area contributed by atoms with Gasteiger partial charge in [0.1, 0.15) is 5.75 Å².